The molecule has 2 amide bonds. The monoisotopic (exact) mass is 372 g/mol. The molecule has 0 spiro atoms. The predicted molar refractivity (Wildman–Crippen MR) is 109 cm³/mol. The molecule has 3 aliphatic carbocycles. The fraction of sp³-hybridized carbons (Fsp3) is 0.739. The first kappa shape index (κ1) is 20.2. The Bertz CT molecular complexity index is 527. The zero-order chi connectivity index (χ0) is 19.1. The Morgan fingerprint density at radius 2 is 1.41 bits per heavy atom. The van der Waals surface area contributed by atoms with Gasteiger partial charge in [-0.25, -0.2) is 0 Å². The molecule has 3 aliphatic rings. The van der Waals surface area contributed by atoms with Crippen LogP contribution in [0, 0.1) is 11.8 Å². The molecule has 2 fully saturated rings. The summed E-state index contributed by atoms with van der Waals surface area (Å²) in [7, 11) is 0. The third-order valence-corrected chi connectivity index (χ3v) is 6.70. The van der Waals surface area contributed by atoms with E-state index in [9.17, 15) is 9.59 Å². The van der Waals surface area contributed by atoms with Crippen molar-refractivity contribution in [3.05, 3.63) is 24.8 Å². The van der Waals surface area contributed by atoms with Crippen LogP contribution in [0.1, 0.15) is 77.0 Å². The summed E-state index contributed by atoms with van der Waals surface area (Å²) in [4.78, 5) is 28.7. The van der Waals surface area contributed by atoms with Gasteiger partial charge >= 0.3 is 0 Å². The van der Waals surface area contributed by atoms with Gasteiger partial charge in [0.25, 0.3) is 0 Å². The Hall–Kier alpha value is -1.58. The molecule has 0 bridgehead atoms. The fourth-order valence-corrected chi connectivity index (χ4v) is 5.25. The van der Waals surface area contributed by atoms with Crippen molar-refractivity contribution in [3.63, 3.8) is 0 Å². The molecule has 1 N–H and O–H groups in total. The summed E-state index contributed by atoms with van der Waals surface area (Å²) in [6.45, 7) is 4.15. The highest BCUT2D eigenvalue weighted by Gasteiger charge is 2.41. The zero-order valence-corrected chi connectivity index (χ0v) is 16.7. The van der Waals surface area contributed by atoms with Gasteiger partial charge in [0.1, 0.15) is 0 Å². The summed E-state index contributed by atoms with van der Waals surface area (Å²) in [5.74, 6) is -0.192. The third kappa shape index (κ3) is 5.03. The molecule has 0 heterocycles. The van der Waals surface area contributed by atoms with Gasteiger partial charge in [0.05, 0.1) is 11.8 Å². The maximum absolute atomic E-state index is 13.8. The van der Waals surface area contributed by atoms with Crippen molar-refractivity contribution < 1.29 is 9.59 Å². The Labute approximate surface area is 164 Å². The lowest BCUT2D eigenvalue weighted by Gasteiger charge is -2.44. The van der Waals surface area contributed by atoms with E-state index in [4.69, 9.17) is 0 Å². The van der Waals surface area contributed by atoms with Crippen LogP contribution in [0.5, 0.6) is 0 Å². The first-order chi connectivity index (χ1) is 13.2. The lowest BCUT2D eigenvalue weighted by atomic mass is 9.79. The highest BCUT2D eigenvalue weighted by atomic mass is 16.2. The molecule has 0 aromatic heterocycles. The molecule has 0 aromatic carbocycles. The van der Waals surface area contributed by atoms with Gasteiger partial charge in [-0.15, -0.1) is 6.58 Å². The van der Waals surface area contributed by atoms with Crippen molar-refractivity contribution in [2.75, 3.05) is 6.54 Å². The summed E-state index contributed by atoms with van der Waals surface area (Å²) < 4.78 is 0. The number of hydrogen-bond donors (Lipinski definition) is 1. The number of allylic oxidation sites excluding steroid dienone is 2. The molecule has 0 aliphatic heterocycles. The predicted octanol–water partition coefficient (Wildman–Crippen LogP) is 4.37. The largest absolute Gasteiger partial charge is 0.352 e. The van der Waals surface area contributed by atoms with E-state index in [1.807, 2.05) is 0 Å². The van der Waals surface area contributed by atoms with Crippen LogP contribution in [0.2, 0.25) is 0 Å². The van der Waals surface area contributed by atoms with Gasteiger partial charge in [0.2, 0.25) is 11.8 Å². The number of amides is 2. The molecule has 4 heteroatoms. The highest BCUT2D eigenvalue weighted by Crippen LogP contribution is 2.35. The van der Waals surface area contributed by atoms with E-state index in [1.165, 1.54) is 38.5 Å². The smallest absolute Gasteiger partial charge is 0.227 e. The maximum Gasteiger partial charge on any atom is 0.227 e. The second-order valence-electron chi connectivity index (χ2n) is 8.52. The maximum atomic E-state index is 13.8. The minimum Gasteiger partial charge on any atom is -0.352 e. The molecule has 4 nitrogen and oxygen atoms in total. The van der Waals surface area contributed by atoms with Crippen LogP contribution < -0.4 is 5.32 Å². The number of carbonyl (C=O) groups is 2. The Kier molecular flexibility index (Phi) is 7.54. The third-order valence-electron chi connectivity index (χ3n) is 6.70. The van der Waals surface area contributed by atoms with Crippen molar-refractivity contribution in [1.29, 1.82) is 0 Å². The molecule has 3 rings (SSSR count). The van der Waals surface area contributed by atoms with E-state index in [0.29, 0.717) is 31.5 Å². The van der Waals surface area contributed by atoms with E-state index < -0.39 is 0 Å². The van der Waals surface area contributed by atoms with Crippen molar-refractivity contribution in [2.24, 2.45) is 11.8 Å². The highest BCUT2D eigenvalue weighted by molar-refractivity contribution is 5.88. The first-order valence-electron chi connectivity index (χ1n) is 11.1. The Balaban J connectivity index is 1.78. The van der Waals surface area contributed by atoms with Crippen molar-refractivity contribution in [1.82, 2.24) is 10.2 Å². The minimum absolute atomic E-state index is 0.00448. The molecule has 0 radical (unpaired) electrons. The van der Waals surface area contributed by atoms with Gasteiger partial charge in [0, 0.05) is 18.6 Å². The van der Waals surface area contributed by atoms with Gasteiger partial charge in [-0.3, -0.25) is 9.59 Å². The van der Waals surface area contributed by atoms with Crippen LogP contribution in [0.25, 0.3) is 0 Å². The number of nitrogens with one attached hydrogen (secondary N) is 1. The number of carbonyl (C=O) groups excluding carboxylic acids is 2. The molecule has 0 unspecified atom stereocenters. The van der Waals surface area contributed by atoms with E-state index >= 15 is 0 Å². The number of rotatable bonds is 6. The second-order valence-corrected chi connectivity index (χ2v) is 8.52. The summed E-state index contributed by atoms with van der Waals surface area (Å²) in [6, 6.07) is 0.772. The summed E-state index contributed by atoms with van der Waals surface area (Å²) >= 11 is 0. The van der Waals surface area contributed by atoms with Crippen LogP contribution in [0.4, 0.5) is 0 Å². The number of nitrogens with zero attached hydrogens (tertiary/aromatic N) is 1. The second kappa shape index (κ2) is 10.1. The standard InChI is InChI=1S/C23H36N2O2/c1-2-17-24-22(26)20-15-9-10-16-21(20)23(27)25(18-11-5-3-6-12-18)19-13-7-4-8-14-19/h2,9-10,18-21H,1,3-8,11-17H2,(H,24,26)/t20-,21+/m0/s1. The van der Waals surface area contributed by atoms with Crippen LogP contribution >= 0.6 is 0 Å². The zero-order valence-electron chi connectivity index (χ0n) is 16.7. The molecule has 2 saturated carbocycles. The molecule has 0 saturated heterocycles. The molecular weight excluding hydrogens is 336 g/mol. The van der Waals surface area contributed by atoms with Crippen molar-refractivity contribution in [2.45, 2.75) is 89.1 Å². The summed E-state index contributed by atoms with van der Waals surface area (Å²) in [5.41, 5.74) is 0. The first-order valence-corrected chi connectivity index (χ1v) is 11.1. The average Bonchev–Trinajstić information content (AvgIpc) is 2.73. The topological polar surface area (TPSA) is 49.4 Å². The van der Waals surface area contributed by atoms with Gasteiger partial charge in [-0.2, -0.15) is 0 Å². The minimum atomic E-state index is -0.239. The fourth-order valence-electron chi connectivity index (χ4n) is 5.25. The lowest BCUT2D eigenvalue weighted by molar-refractivity contribution is -0.147. The van der Waals surface area contributed by atoms with E-state index in [1.54, 1.807) is 6.08 Å². The van der Waals surface area contributed by atoms with Crippen molar-refractivity contribution in [3.8, 4) is 0 Å². The van der Waals surface area contributed by atoms with Crippen LogP contribution in [0.15, 0.2) is 24.8 Å². The molecule has 0 aromatic rings. The Morgan fingerprint density at radius 1 is 0.889 bits per heavy atom. The van der Waals surface area contributed by atoms with Gasteiger partial charge in [0.15, 0.2) is 0 Å². The summed E-state index contributed by atoms with van der Waals surface area (Å²) in [5, 5.41) is 2.92. The molecule has 27 heavy (non-hydrogen) atoms. The van der Waals surface area contributed by atoms with E-state index in [-0.39, 0.29) is 23.7 Å². The van der Waals surface area contributed by atoms with E-state index in [0.717, 1.165) is 25.7 Å². The van der Waals surface area contributed by atoms with Gasteiger partial charge < -0.3 is 10.2 Å². The SMILES string of the molecule is C=CCNC(=O)[C@H]1CC=CC[C@H]1C(=O)N(C1CCCCC1)C1CCCCC1. The molecule has 2 atom stereocenters. The Morgan fingerprint density at radius 3 is 1.93 bits per heavy atom. The van der Waals surface area contributed by atoms with Crippen LogP contribution in [-0.2, 0) is 9.59 Å². The van der Waals surface area contributed by atoms with Crippen LogP contribution in [0.3, 0.4) is 0 Å². The van der Waals surface area contributed by atoms with E-state index in [2.05, 4.69) is 28.9 Å². The number of hydrogen-bond acceptors (Lipinski definition) is 2. The lowest BCUT2D eigenvalue weighted by Crippen LogP contribution is -2.53. The van der Waals surface area contributed by atoms with Gasteiger partial charge in [-0.05, 0) is 38.5 Å². The van der Waals surface area contributed by atoms with Crippen molar-refractivity contribution >= 4 is 11.8 Å². The average molecular weight is 373 g/mol. The normalized spacial score (nSPS) is 27.1. The van der Waals surface area contributed by atoms with Crippen LogP contribution in [-0.4, -0.2) is 35.3 Å². The summed E-state index contributed by atoms with van der Waals surface area (Å²) in [6.07, 6.45) is 19.3. The molecular formula is C23H36N2O2. The van der Waals surface area contributed by atoms with Gasteiger partial charge in [-0.1, -0.05) is 56.8 Å². The quantitative estimate of drug-likeness (QED) is 0.704. The molecule has 150 valence electrons.